The lowest BCUT2D eigenvalue weighted by molar-refractivity contribution is -0.142. The molecule has 0 radical (unpaired) electrons. The van der Waals surface area contributed by atoms with Crippen molar-refractivity contribution in [1.29, 1.82) is 0 Å². The Hall–Kier alpha value is -3.69. The summed E-state index contributed by atoms with van der Waals surface area (Å²) in [4.78, 5) is 16.8. The second kappa shape index (κ2) is 7.53. The fraction of sp³-hybridized carbons (Fsp3) is 0.238. The topological polar surface area (TPSA) is 77.1 Å². The standard InChI is InChI=1S/C21H19F3N6O/c1-12-4-6-14(7-5-12)16-8-18(21(22,23)24)30-19(26-16)9-17(28-30)20(31)25-10-15-11-29(3)27-13(15)2/h4-9,11H,10H2,1-3H3,(H,25,31). The van der Waals surface area contributed by atoms with Crippen molar-refractivity contribution < 1.29 is 18.0 Å². The van der Waals surface area contributed by atoms with Crippen LogP contribution in [-0.2, 0) is 19.8 Å². The maximum absolute atomic E-state index is 13.7. The minimum Gasteiger partial charge on any atom is -0.346 e. The number of rotatable bonds is 4. The third kappa shape index (κ3) is 4.14. The van der Waals surface area contributed by atoms with E-state index in [0.29, 0.717) is 10.1 Å². The third-order valence-corrected chi connectivity index (χ3v) is 4.85. The van der Waals surface area contributed by atoms with Gasteiger partial charge in [0, 0.05) is 37.0 Å². The van der Waals surface area contributed by atoms with Gasteiger partial charge in [0.15, 0.2) is 17.0 Å². The summed E-state index contributed by atoms with van der Waals surface area (Å²) in [5.74, 6) is -0.598. The predicted molar refractivity (Wildman–Crippen MR) is 107 cm³/mol. The summed E-state index contributed by atoms with van der Waals surface area (Å²) in [6, 6.07) is 9.18. The quantitative estimate of drug-likeness (QED) is 0.538. The average Bonchev–Trinajstić information content (AvgIpc) is 3.27. The summed E-state index contributed by atoms with van der Waals surface area (Å²) in [7, 11) is 1.76. The Bertz CT molecular complexity index is 1270. The van der Waals surface area contributed by atoms with E-state index in [4.69, 9.17) is 0 Å². The highest BCUT2D eigenvalue weighted by Gasteiger charge is 2.35. The molecule has 0 saturated carbocycles. The number of fused-ring (bicyclic) bond motifs is 1. The van der Waals surface area contributed by atoms with Crippen molar-refractivity contribution >= 4 is 11.6 Å². The zero-order chi connectivity index (χ0) is 22.3. The first kappa shape index (κ1) is 20.6. The molecule has 3 aromatic heterocycles. The first-order valence-corrected chi connectivity index (χ1v) is 9.44. The summed E-state index contributed by atoms with van der Waals surface area (Å²) in [5.41, 5.74) is 2.00. The number of hydrogen-bond acceptors (Lipinski definition) is 4. The molecule has 7 nitrogen and oxygen atoms in total. The molecule has 0 atom stereocenters. The fourth-order valence-electron chi connectivity index (χ4n) is 3.25. The number of carbonyl (C=O) groups is 1. The van der Waals surface area contributed by atoms with Gasteiger partial charge in [0.25, 0.3) is 5.91 Å². The van der Waals surface area contributed by atoms with E-state index < -0.39 is 17.8 Å². The molecule has 160 valence electrons. The number of amides is 1. The third-order valence-electron chi connectivity index (χ3n) is 4.85. The maximum Gasteiger partial charge on any atom is 0.433 e. The molecule has 4 rings (SSSR count). The van der Waals surface area contributed by atoms with Crippen LogP contribution in [0.4, 0.5) is 13.2 Å². The van der Waals surface area contributed by atoms with Crippen LogP contribution in [0.25, 0.3) is 16.9 Å². The highest BCUT2D eigenvalue weighted by Crippen LogP contribution is 2.32. The molecule has 0 saturated heterocycles. The molecule has 0 unspecified atom stereocenters. The van der Waals surface area contributed by atoms with Gasteiger partial charge in [0.2, 0.25) is 0 Å². The van der Waals surface area contributed by atoms with Gasteiger partial charge in [-0.25, -0.2) is 9.50 Å². The number of aromatic nitrogens is 5. The first-order chi connectivity index (χ1) is 14.6. The monoisotopic (exact) mass is 428 g/mol. The number of carbonyl (C=O) groups excluding carboxylic acids is 1. The first-order valence-electron chi connectivity index (χ1n) is 9.44. The van der Waals surface area contributed by atoms with Crippen LogP contribution in [0.15, 0.2) is 42.6 Å². The number of hydrogen-bond donors (Lipinski definition) is 1. The van der Waals surface area contributed by atoms with E-state index in [1.807, 2.05) is 6.92 Å². The second-order valence-corrected chi connectivity index (χ2v) is 7.29. The zero-order valence-corrected chi connectivity index (χ0v) is 17.0. The number of aryl methyl sites for hydroxylation is 3. The summed E-state index contributed by atoms with van der Waals surface area (Å²) < 4.78 is 43.4. The number of nitrogens with one attached hydrogen (secondary N) is 1. The lowest BCUT2D eigenvalue weighted by atomic mass is 10.1. The van der Waals surface area contributed by atoms with Crippen LogP contribution in [0.5, 0.6) is 0 Å². The normalized spacial score (nSPS) is 11.8. The van der Waals surface area contributed by atoms with Crippen LogP contribution in [0.2, 0.25) is 0 Å². The molecule has 10 heteroatoms. The molecule has 31 heavy (non-hydrogen) atoms. The molecule has 1 aromatic carbocycles. The highest BCUT2D eigenvalue weighted by molar-refractivity contribution is 5.93. The molecule has 4 aromatic rings. The summed E-state index contributed by atoms with van der Waals surface area (Å²) in [6.07, 6.45) is -2.91. The molecular formula is C21H19F3N6O. The van der Waals surface area contributed by atoms with Crippen LogP contribution >= 0.6 is 0 Å². The SMILES string of the molecule is Cc1ccc(-c2cc(C(F)(F)F)n3nc(C(=O)NCc4cn(C)nc4C)cc3n2)cc1. The predicted octanol–water partition coefficient (Wildman–Crippen LogP) is 3.70. The number of nitrogens with zero attached hydrogens (tertiary/aromatic N) is 5. The second-order valence-electron chi connectivity index (χ2n) is 7.29. The van der Waals surface area contributed by atoms with Gasteiger partial charge in [-0.05, 0) is 19.9 Å². The van der Waals surface area contributed by atoms with Gasteiger partial charge < -0.3 is 5.32 Å². The maximum atomic E-state index is 13.7. The van der Waals surface area contributed by atoms with Crippen molar-refractivity contribution in [1.82, 2.24) is 29.7 Å². The van der Waals surface area contributed by atoms with E-state index in [1.165, 1.54) is 6.07 Å². The Morgan fingerprint density at radius 2 is 1.81 bits per heavy atom. The van der Waals surface area contributed by atoms with Crippen LogP contribution in [0, 0.1) is 13.8 Å². The smallest absolute Gasteiger partial charge is 0.346 e. The van der Waals surface area contributed by atoms with Crippen molar-refractivity contribution in [2.45, 2.75) is 26.6 Å². The van der Waals surface area contributed by atoms with Crippen LogP contribution in [0.3, 0.4) is 0 Å². The van der Waals surface area contributed by atoms with Crippen LogP contribution in [0.1, 0.15) is 33.0 Å². The van der Waals surface area contributed by atoms with Crippen molar-refractivity contribution in [2.75, 3.05) is 0 Å². The molecule has 0 fully saturated rings. The van der Waals surface area contributed by atoms with Crippen LogP contribution < -0.4 is 5.32 Å². The summed E-state index contributed by atoms with van der Waals surface area (Å²) in [5, 5.41) is 10.7. The van der Waals surface area contributed by atoms with Gasteiger partial charge in [0.1, 0.15) is 0 Å². The number of halogens is 3. The lowest BCUT2D eigenvalue weighted by Crippen LogP contribution is -2.23. The van der Waals surface area contributed by atoms with Crippen molar-refractivity contribution in [2.24, 2.45) is 7.05 Å². The Balaban J connectivity index is 1.70. The Morgan fingerprint density at radius 3 is 2.42 bits per heavy atom. The Labute approximate surface area is 175 Å². The van der Waals surface area contributed by atoms with E-state index in [-0.39, 0.29) is 23.6 Å². The van der Waals surface area contributed by atoms with Gasteiger partial charge >= 0.3 is 6.18 Å². The largest absolute Gasteiger partial charge is 0.433 e. The minimum atomic E-state index is -4.67. The van der Waals surface area contributed by atoms with Gasteiger partial charge in [0.05, 0.1) is 11.4 Å². The lowest BCUT2D eigenvalue weighted by Gasteiger charge is -2.11. The van der Waals surface area contributed by atoms with Crippen molar-refractivity contribution in [3.8, 4) is 11.3 Å². The van der Waals surface area contributed by atoms with E-state index in [1.54, 1.807) is 49.1 Å². The summed E-state index contributed by atoms with van der Waals surface area (Å²) in [6.45, 7) is 3.87. The molecule has 0 bridgehead atoms. The van der Waals surface area contributed by atoms with E-state index in [9.17, 15) is 18.0 Å². The molecule has 0 aliphatic rings. The molecule has 1 amide bonds. The molecule has 0 aliphatic heterocycles. The van der Waals surface area contributed by atoms with Crippen molar-refractivity contribution in [3.63, 3.8) is 0 Å². The minimum absolute atomic E-state index is 0.0619. The zero-order valence-electron chi connectivity index (χ0n) is 17.0. The molecular weight excluding hydrogens is 409 g/mol. The Kier molecular flexibility index (Phi) is 5.00. The van der Waals surface area contributed by atoms with Crippen LogP contribution in [-0.4, -0.2) is 30.3 Å². The molecule has 0 aliphatic carbocycles. The highest BCUT2D eigenvalue weighted by atomic mass is 19.4. The Morgan fingerprint density at radius 1 is 1.10 bits per heavy atom. The van der Waals surface area contributed by atoms with Gasteiger partial charge in [-0.3, -0.25) is 9.48 Å². The van der Waals surface area contributed by atoms with Gasteiger partial charge in [-0.15, -0.1) is 0 Å². The average molecular weight is 428 g/mol. The molecule has 1 N–H and O–H groups in total. The van der Waals surface area contributed by atoms with Crippen molar-refractivity contribution in [3.05, 3.63) is 70.8 Å². The van der Waals surface area contributed by atoms with E-state index in [2.05, 4.69) is 20.5 Å². The van der Waals surface area contributed by atoms with Gasteiger partial charge in [-0.2, -0.15) is 23.4 Å². The molecule has 0 spiro atoms. The number of benzene rings is 1. The van der Waals surface area contributed by atoms with E-state index in [0.717, 1.165) is 22.9 Å². The van der Waals surface area contributed by atoms with E-state index >= 15 is 0 Å². The fourth-order valence-corrected chi connectivity index (χ4v) is 3.25. The number of alkyl halides is 3. The molecule has 3 heterocycles. The summed E-state index contributed by atoms with van der Waals surface area (Å²) >= 11 is 0. The van der Waals surface area contributed by atoms with Gasteiger partial charge in [-0.1, -0.05) is 29.8 Å².